The minimum Gasteiger partial charge on any atom is -0.394 e. The number of carbonyl (C=O) groups excluding carboxylic acids is 1. The molecule has 1 aliphatic heterocycles. The van der Waals surface area contributed by atoms with E-state index in [2.05, 4.69) is 20.3 Å². The van der Waals surface area contributed by atoms with Crippen molar-refractivity contribution in [2.24, 2.45) is 0 Å². The van der Waals surface area contributed by atoms with Crippen LogP contribution in [-0.4, -0.2) is 76.5 Å². The van der Waals surface area contributed by atoms with Crippen LogP contribution in [-0.2, 0) is 4.74 Å². The summed E-state index contributed by atoms with van der Waals surface area (Å²) in [6, 6.07) is -1.000. The predicted octanol–water partition coefficient (Wildman–Crippen LogP) is -0.859. The van der Waals surface area contributed by atoms with E-state index in [-0.39, 0.29) is 23.0 Å². The predicted molar refractivity (Wildman–Crippen MR) is 90.9 cm³/mol. The molecule has 0 bridgehead atoms. The summed E-state index contributed by atoms with van der Waals surface area (Å²) in [5.74, 6) is -0.159. The molecule has 2 aromatic rings. The Hall–Kier alpha value is -2.38. The van der Waals surface area contributed by atoms with Crippen LogP contribution in [0.15, 0.2) is 12.7 Å². The number of fused-ring (bicyclic) bond motifs is 1. The fraction of sp³-hybridized carbons (Fsp3) is 0.600. The van der Waals surface area contributed by atoms with Gasteiger partial charge in [-0.15, -0.1) is 0 Å². The molecule has 12 nitrogen and oxygen atoms in total. The number of nitrogens with zero attached hydrogens (tertiary/aromatic N) is 5. The molecule has 0 aromatic carbocycles. The minimum absolute atomic E-state index is 0.0836. The van der Waals surface area contributed by atoms with Crippen LogP contribution >= 0.6 is 0 Å². The number of amides is 2. The summed E-state index contributed by atoms with van der Waals surface area (Å²) >= 11 is 0. The van der Waals surface area contributed by atoms with E-state index in [9.17, 15) is 25.3 Å². The number of anilines is 1. The van der Waals surface area contributed by atoms with Gasteiger partial charge in [0.1, 0.15) is 24.1 Å². The third-order valence-corrected chi connectivity index (χ3v) is 4.33. The number of nitrogens with one attached hydrogen (secondary N) is 1. The maximum absolute atomic E-state index is 12.0. The topological polar surface area (TPSA) is 166 Å². The van der Waals surface area contributed by atoms with Crippen molar-refractivity contribution >= 4 is 23.0 Å². The van der Waals surface area contributed by atoms with Gasteiger partial charge in [-0.2, -0.15) is 5.06 Å². The molecular weight excluding hydrogens is 360 g/mol. The zero-order valence-electron chi connectivity index (χ0n) is 15.0. The Labute approximate surface area is 154 Å². The Balaban J connectivity index is 2.00. The third-order valence-electron chi connectivity index (χ3n) is 4.33. The number of hydrogen-bond donors (Lipinski definition) is 5. The van der Waals surface area contributed by atoms with E-state index in [1.807, 2.05) is 0 Å². The number of hydrogen-bond acceptors (Lipinski definition) is 9. The summed E-state index contributed by atoms with van der Waals surface area (Å²) in [7, 11) is 0. The summed E-state index contributed by atoms with van der Waals surface area (Å²) in [4.78, 5) is 24.1. The highest BCUT2D eigenvalue weighted by Crippen LogP contribution is 2.39. The molecule has 5 N–H and O–H groups in total. The smallest absolute Gasteiger partial charge is 0.347 e. The Bertz CT molecular complexity index is 839. The molecule has 1 saturated heterocycles. The first-order valence-corrected chi connectivity index (χ1v) is 8.32. The second-order valence-electron chi connectivity index (χ2n) is 6.82. The number of imidazole rings is 1. The molecule has 1 aliphatic rings. The molecule has 2 amide bonds. The number of rotatable bonds is 4. The van der Waals surface area contributed by atoms with Crippen molar-refractivity contribution < 1.29 is 30.1 Å². The summed E-state index contributed by atoms with van der Waals surface area (Å²) in [6.07, 6.45) is -1.03. The zero-order chi connectivity index (χ0) is 19.9. The van der Waals surface area contributed by atoms with Crippen molar-refractivity contribution in [3.63, 3.8) is 0 Å². The van der Waals surface area contributed by atoms with Crippen LogP contribution in [0.1, 0.15) is 27.0 Å². The van der Waals surface area contributed by atoms with E-state index in [0.717, 1.165) is 6.33 Å². The molecule has 4 atom stereocenters. The van der Waals surface area contributed by atoms with Gasteiger partial charge in [0.25, 0.3) is 0 Å². The average molecular weight is 382 g/mol. The molecule has 1 unspecified atom stereocenters. The lowest BCUT2D eigenvalue weighted by Crippen LogP contribution is -2.44. The van der Waals surface area contributed by atoms with Gasteiger partial charge in [-0.3, -0.25) is 9.77 Å². The summed E-state index contributed by atoms with van der Waals surface area (Å²) < 4.78 is 6.89. The quantitative estimate of drug-likeness (QED) is 0.334. The molecule has 3 rings (SSSR count). The number of ether oxygens (including phenoxy) is 1. The van der Waals surface area contributed by atoms with Crippen molar-refractivity contribution in [3.05, 3.63) is 12.7 Å². The number of aliphatic hydroxyl groups is 3. The van der Waals surface area contributed by atoms with Crippen molar-refractivity contribution in [2.45, 2.75) is 50.8 Å². The summed E-state index contributed by atoms with van der Waals surface area (Å²) in [5, 5.41) is 43.1. The fourth-order valence-corrected chi connectivity index (χ4v) is 2.96. The van der Waals surface area contributed by atoms with Gasteiger partial charge in [-0.25, -0.2) is 19.7 Å². The lowest BCUT2D eigenvalue weighted by Gasteiger charge is -2.27. The first-order valence-electron chi connectivity index (χ1n) is 8.32. The van der Waals surface area contributed by atoms with E-state index in [1.54, 1.807) is 13.8 Å². The third kappa shape index (κ3) is 3.21. The molecule has 12 heteroatoms. The lowest BCUT2D eigenvalue weighted by atomic mass is 9.96. The molecule has 27 heavy (non-hydrogen) atoms. The van der Waals surface area contributed by atoms with Gasteiger partial charge in [0, 0.05) is 6.04 Å². The maximum atomic E-state index is 12.0. The standard InChI is InChI=1S/C15H22N6O6/c1-7(2)19-14(24)21(26)12-9-11(16-5-17-12)20(6-18-9)13-15(3,25)10(23)8(4-22)27-13/h5-8,10,13,22-23,25-26H,4H2,1-3H3,(H,19,24)/t8-,10-,13?,15-/m1/s1. The van der Waals surface area contributed by atoms with Crippen LogP contribution in [0.2, 0.25) is 0 Å². The van der Waals surface area contributed by atoms with Crippen LogP contribution in [0.4, 0.5) is 10.6 Å². The molecular formula is C15H22N6O6. The first kappa shape index (κ1) is 19.4. The Morgan fingerprint density at radius 2 is 2.15 bits per heavy atom. The van der Waals surface area contributed by atoms with E-state index >= 15 is 0 Å². The normalized spacial score (nSPS) is 28.1. The molecule has 148 valence electrons. The number of urea groups is 1. The van der Waals surface area contributed by atoms with Crippen molar-refractivity contribution in [2.75, 3.05) is 11.7 Å². The Morgan fingerprint density at radius 3 is 2.74 bits per heavy atom. The summed E-state index contributed by atoms with van der Waals surface area (Å²) in [6.45, 7) is 4.34. The second kappa shape index (κ2) is 6.98. The zero-order valence-corrected chi connectivity index (χ0v) is 15.0. The average Bonchev–Trinajstić information content (AvgIpc) is 3.13. The molecule has 3 heterocycles. The van der Waals surface area contributed by atoms with E-state index in [4.69, 9.17) is 4.74 Å². The van der Waals surface area contributed by atoms with Gasteiger partial charge in [0.2, 0.25) is 0 Å². The Kier molecular flexibility index (Phi) is 5.01. The van der Waals surface area contributed by atoms with Gasteiger partial charge in [-0.1, -0.05) is 0 Å². The minimum atomic E-state index is -1.74. The van der Waals surface area contributed by atoms with Crippen LogP contribution in [0.25, 0.3) is 11.2 Å². The lowest BCUT2D eigenvalue weighted by molar-refractivity contribution is -0.0950. The van der Waals surface area contributed by atoms with Crippen LogP contribution in [0.5, 0.6) is 0 Å². The van der Waals surface area contributed by atoms with E-state index < -0.39 is 36.7 Å². The SMILES string of the molecule is CC(C)NC(=O)N(O)c1ncnc2c1ncn2C1O[C@H](CO)[C@@H](O)[C@@]1(C)O. The van der Waals surface area contributed by atoms with Gasteiger partial charge < -0.3 is 25.4 Å². The molecule has 0 saturated carbocycles. The second-order valence-corrected chi connectivity index (χ2v) is 6.82. The fourth-order valence-electron chi connectivity index (χ4n) is 2.96. The van der Waals surface area contributed by atoms with Crippen LogP contribution < -0.4 is 10.4 Å². The number of hydroxylamine groups is 1. The molecule has 0 radical (unpaired) electrons. The maximum Gasteiger partial charge on any atom is 0.347 e. The largest absolute Gasteiger partial charge is 0.394 e. The molecule has 0 aliphatic carbocycles. The highest BCUT2D eigenvalue weighted by Gasteiger charge is 2.53. The molecule has 0 spiro atoms. The van der Waals surface area contributed by atoms with Gasteiger partial charge >= 0.3 is 6.03 Å². The number of aromatic nitrogens is 4. The van der Waals surface area contributed by atoms with E-state index in [0.29, 0.717) is 5.06 Å². The van der Waals surface area contributed by atoms with Crippen LogP contribution in [0, 0.1) is 0 Å². The Morgan fingerprint density at radius 1 is 1.44 bits per heavy atom. The first-order chi connectivity index (χ1) is 12.7. The van der Waals surface area contributed by atoms with E-state index in [1.165, 1.54) is 17.8 Å². The van der Waals surface area contributed by atoms with Gasteiger partial charge in [0.15, 0.2) is 23.2 Å². The van der Waals surface area contributed by atoms with Gasteiger partial charge in [-0.05, 0) is 20.8 Å². The monoisotopic (exact) mass is 382 g/mol. The number of carbonyl (C=O) groups is 1. The molecule has 1 fully saturated rings. The molecule has 2 aromatic heterocycles. The number of aliphatic hydroxyl groups excluding tert-OH is 2. The van der Waals surface area contributed by atoms with Crippen molar-refractivity contribution in [1.82, 2.24) is 24.8 Å². The van der Waals surface area contributed by atoms with Crippen LogP contribution in [0.3, 0.4) is 0 Å². The van der Waals surface area contributed by atoms with Crippen molar-refractivity contribution in [1.29, 1.82) is 0 Å². The summed E-state index contributed by atoms with van der Waals surface area (Å²) in [5.41, 5.74) is -1.49. The highest BCUT2D eigenvalue weighted by molar-refractivity contribution is 5.96. The highest BCUT2D eigenvalue weighted by atomic mass is 16.6. The van der Waals surface area contributed by atoms with Crippen molar-refractivity contribution in [3.8, 4) is 0 Å². The van der Waals surface area contributed by atoms with Gasteiger partial charge in [0.05, 0.1) is 12.9 Å².